The molecule has 0 saturated carbocycles. The van der Waals surface area contributed by atoms with Gasteiger partial charge in [0.2, 0.25) is 0 Å². The Kier molecular flexibility index (Phi) is 23.5. The van der Waals surface area contributed by atoms with E-state index in [-0.39, 0.29) is 26.4 Å². The van der Waals surface area contributed by atoms with Crippen LogP contribution >= 0.6 is 24.8 Å². The summed E-state index contributed by atoms with van der Waals surface area (Å²) in [6, 6.07) is 0. The van der Waals surface area contributed by atoms with Crippen molar-refractivity contribution in [3.05, 3.63) is 0 Å². The van der Waals surface area contributed by atoms with E-state index in [1.165, 1.54) is 0 Å². The van der Waals surface area contributed by atoms with Gasteiger partial charge in [0.15, 0.2) is 18.7 Å². The number of hydrogen-bond acceptors (Lipinski definition) is 19. The van der Waals surface area contributed by atoms with Gasteiger partial charge in [0, 0.05) is 38.7 Å². The molecule has 50 heavy (non-hydrogen) atoms. The molecule has 13 atom stereocenters. The van der Waals surface area contributed by atoms with Crippen molar-refractivity contribution >= 4 is 24.8 Å². The van der Waals surface area contributed by atoms with E-state index < -0.39 is 105 Å². The van der Waals surface area contributed by atoms with Crippen molar-refractivity contribution in [1.29, 1.82) is 0 Å². The molecule has 2 heterocycles. The Morgan fingerprint density at radius 2 is 0.980 bits per heavy atom. The Hall–Kier alpha value is -0.340. The highest BCUT2D eigenvalue weighted by molar-refractivity contribution is 7.33. The van der Waals surface area contributed by atoms with E-state index in [0.29, 0.717) is 51.7 Å². The van der Waals surface area contributed by atoms with Gasteiger partial charge >= 0.3 is 24.8 Å². The van der Waals surface area contributed by atoms with Gasteiger partial charge in [-0.15, -0.1) is 27.1 Å². The van der Waals surface area contributed by atoms with Crippen LogP contribution in [0, 0.1) is 11.8 Å². The second-order valence-electron chi connectivity index (χ2n) is 11.8. The average molecular weight is 788 g/mol. The number of hydrogen-bond donors (Lipinski definition) is 6. The molecule has 2 aliphatic heterocycles. The third-order valence-electron chi connectivity index (χ3n) is 8.03. The molecule has 292 valence electrons. The highest BCUT2D eigenvalue weighted by Crippen LogP contribution is 2.32. The van der Waals surface area contributed by atoms with Crippen molar-refractivity contribution in [3.8, 4) is 0 Å². The first kappa shape index (κ1) is 45.8. The van der Waals surface area contributed by atoms with E-state index in [0.717, 1.165) is 7.11 Å². The van der Waals surface area contributed by atoms with Gasteiger partial charge < -0.3 is 49.6 Å². The Labute approximate surface area is 294 Å². The van der Waals surface area contributed by atoms with Crippen LogP contribution < -0.4 is 0 Å². The van der Waals surface area contributed by atoms with Crippen LogP contribution in [-0.2, 0) is 59.8 Å². The lowest BCUT2D eigenvalue weighted by molar-refractivity contribution is -0.282. The molecule has 2 aliphatic rings. The maximum Gasteiger partial charge on any atom is 0.697 e. The topological polar surface area (TPSA) is 265 Å². The molecule has 19 nitrogen and oxygen atoms in total. The second kappa shape index (κ2) is 25.6. The number of rotatable bonds is 27. The van der Waals surface area contributed by atoms with Gasteiger partial charge in [-0.25, -0.2) is 0 Å². The maximum atomic E-state index is 12.2. The summed E-state index contributed by atoms with van der Waals surface area (Å²) in [5.74, 6) is -0.975. The van der Waals surface area contributed by atoms with E-state index in [4.69, 9.17) is 41.6 Å². The molecule has 0 spiro atoms. The third-order valence-corrected chi connectivity index (χ3v) is 10.3. The molecule has 0 bridgehead atoms. The fourth-order valence-electron chi connectivity index (χ4n) is 4.90. The van der Waals surface area contributed by atoms with Gasteiger partial charge in [-0.3, -0.25) is 0 Å². The van der Waals surface area contributed by atoms with Gasteiger partial charge in [0.1, 0.15) is 50.8 Å². The van der Waals surface area contributed by atoms with Crippen LogP contribution in [0.15, 0.2) is 0 Å². The SMILES string of the molecule is CO[P+](=O)OC(CO[P+](=O)OCCCCCOC1OC(CO)C(O)C(O)C1C)CO[P+](=O)OCCCCCOC1OC(CO)C(O)C(O)C1C. The molecule has 0 aromatic rings. The lowest BCUT2D eigenvalue weighted by atomic mass is 9.92. The van der Waals surface area contributed by atoms with Crippen molar-refractivity contribution in [2.45, 2.75) is 108 Å². The Bertz CT molecular complexity index is 914. The van der Waals surface area contributed by atoms with E-state index in [1.54, 1.807) is 13.8 Å². The van der Waals surface area contributed by atoms with Gasteiger partial charge in [-0.2, -0.15) is 0 Å². The zero-order valence-electron chi connectivity index (χ0n) is 28.6. The fraction of sp³-hybridized carbons (Fsp3) is 1.00. The fourth-order valence-corrected chi connectivity index (χ4v) is 6.63. The van der Waals surface area contributed by atoms with Crippen LogP contribution in [0.2, 0.25) is 0 Å². The third kappa shape index (κ3) is 16.4. The molecule has 2 rings (SSSR count). The Morgan fingerprint density at radius 3 is 1.36 bits per heavy atom. The molecule has 0 amide bonds. The quantitative estimate of drug-likeness (QED) is 0.0510. The van der Waals surface area contributed by atoms with Crippen molar-refractivity contribution < 1.29 is 90.4 Å². The predicted octanol–water partition coefficient (Wildman–Crippen LogP) is 1.58. The summed E-state index contributed by atoms with van der Waals surface area (Å²) in [6.07, 6.45) is -5.52. The highest BCUT2D eigenvalue weighted by atomic mass is 31.1. The summed E-state index contributed by atoms with van der Waals surface area (Å²) < 4.78 is 88.8. The molecule has 2 fully saturated rings. The minimum atomic E-state index is -2.56. The zero-order valence-corrected chi connectivity index (χ0v) is 31.3. The van der Waals surface area contributed by atoms with Crippen molar-refractivity contribution in [2.24, 2.45) is 11.8 Å². The lowest BCUT2D eigenvalue weighted by Crippen LogP contribution is -2.55. The summed E-state index contributed by atoms with van der Waals surface area (Å²) in [5.41, 5.74) is 0. The average Bonchev–Trinajstić information content (AvgIpc) is 3.11. The van der Waals surface area contributed by atoms with Crippen LogP contribution in [0.4, 0.5) is 0 Å². The smallest absolute Gasteiger partial charge is 0.394 e. The van der Waals surface area contributed by atoms with Crippen LogP contribution in [-0.4, -0.2) is 146 Å². The lowest BCUT2D eigenvalue weighted by Gasteiger charge is -2.40. The first-order chi connectivity index (χ1) is 23.9. The molecule has 13 unspecified atom stereocenters. The van der Waals surface area contributed by atoms with E-state index >= 15 is 0 Å². The zero-order chi connectivity index (χ0) is 37.1. The van der Waals surface area contributed by atoms with Gasteiger partial charge in [-0.1, -0.05) is 13.8 Å². The van der Waals surface area contributed by atoms with Crippen LogP contribution in [0.5, 0.6) is 0 Å². The van der Waals surface area contributed by atoms with Crippen LogP contribution in [0.3, 0.4) is 0 Å². The molecule has 0 radical (unpaired) electrons. The van der Waals surface area contributed by atoms with Crippen molar-refractivity contribution in [1.82, 2.24) is 0 Å². The molecular formula is C28H54O19P3+3. The summed E-state index contributed by atoms with van der Waals surface area (Å²) in [4.78, 5) is 0. The normalized spacial score (nSPS) is 31.7. The Morgan fingerprint density at radius 1 is 0.580 bits per heavy atom. The molecule has 6 N–H and O–H groups in total. The summed E-state index contributed by atoms with van der Waals surface area (Å²) in [5, 5.41) is 58.6. The first-order valence-electron chi connectivity index (χ1n) is 16.6. The standard InChI is InChI=1S/C28H54O19P3/c1-18-23(31)25(33)21(14-29)45-27(18)39-10-6-4-8-12-41-49(36)43-16-20(47-48(35)38-3)17-44-50(37)42-13-9-5-7-11-40-28-19(2)24(32)26(34)22(15-30)46-28/h18-34H,4-17H2,1-3H3/q+3. The van der Waals surface area contributed by atoms with E-state index in [2.05, 4.69) is 4.52 Å². The predicted molar refractivity (Wildman–Crippen MR) is 172 cm³/mol. The molecule has 0 aromatic heterocycles. The Balaban J connectivity index is 1.55. The number of aliphatic hydroxyl groups is 6. The summed E-state index contributed by atoms with van der Waals surface area (Å²) in [6.45, 7) is 2.50. The number of unbranched alkanes of at least 4 members (excludes halogenated alkanes) is 4. The molecule has 0 aromatic carbocycles. The van der Waals surface area contributed by atoms with Crippen molar-refractivity contribution in [2.75, 3.05) is 60.0 Å². The minimum absolute atomic E-state index is 0.105. The summed E-state index contributed by atoms with van der Waals surface area (Å²) in [7, 11) is -6.52. The van der Waals surface area contributed by atoms with E-state index in [9.17, 15) is 44.3 Å². The maximum absolute atomic E-state index is 12.2. The molecular weight excluding hydrogens is 733 g/mol. The first-order valence-corrected chi connectivity index (χ1v) is 19.8. The van der Waals surface area contributed by atoms with E-state index in [1.807, 2.05) is 0 Å². The molecule has 22 heteroatoms. The molecule has 2 saturated heterocycles. The number of ether oxygens (including phenoxy) is 4. The summed E-state index contributed by atoms with van der Waals surface area (Å²) >= 11 is 0. The minimum Gasteiger partial charge on any atom is -0.394 e. The van der Waals surface area contributed by atoms with Gasteiger partial charge in [-0.05, 0) is 38.5 Å². The van der Waals surface area contributed by atoms with Crippen LogP contribution in [0.1, 0.15) is 52.4 Å². The monoisotopic (exact) mass is 787 g/mol. The van der Waals surface area contributed by atoms with Gasteiger partial charge in [0.25, 0.3) is 0 Å². The van der Waals surface area contributed by atoms with Gasteiger partial charge in [0.05, 0.1) is 32.5 Å². The van der Waals surface area contributed by atoms with Crippen molar-refractivity contribution in [3.63, 3.8) is 0 Å². The second-order valence-corrected chi connectivity index (χ2v) is 14.8. The van der Waals surface area contributed by atoms with Crippen LogP contribution in [0.25, 0.3) is 0 Å². The molecule has 0 aliphatic carbocycles. The number of aliphatic hydroxyl groups excluding tert-OH is 6. The highest BCUT2D eigenvalue weighted by Gasteiger charge is 2.43. The largest absolute Gasteiger partial charge is 0.697 e.